The molecule has 0 aromatic carbocycles. The molecule has 0 bridgehead atoms. The summed E-state index contributed by atoms with van der Waals surface area (Å²) in [5.41, 5.74) is 7.21. The normalized spacial score (nSPS) is 12.1. The van der Waals surface area contributed by atoms with E-state index in [1.165, 1.54) is 0 Å². The smallest absolute Gasteiger partial charge is 0.272 e. The highest BCUT2D eigenvalue weighted by molar-refractivity contribution is 5.92. The zero-order valence-electron chi connectivity index (χ0n) is 12.8. The summed E-state index contributed by atoms with van der Waals surface area (Å²) in [6.07, 6.45) is 3.09. The third-order valence-corrected chi connectivity index (χ3v) is 3.27. The van der Waals surface area contributed by atoms with Gasteiger partial charge in [0, 0.05) is 25.3 Å². The maximum absolute atomic E-state index is 12.1. The molecule has 0 saturated carbocycles. The summed E-state index contributed by atoms with van der Waals surface area (Å²) in [5.74, 6) is 0.221. The van der Waals surface area contributed by atoms with Crippen LogP contribution in [0.4, 0.5) is 0 Å². The third-order valence-electron chi connectivity index (χ3n) is 3.27. The highest BCUT2D eigenvalue weighted by atomic mass is 35.5. The van der Waals surface area contributed by atoms with E-state index in [2.05, 4.69) is 31.2 Å². The Hall–Kier alpha value is -1.07. The fraction of sp³-hybridized carbons (Fsp3) is 0.714. The maximum Gasteiger partial charge on any atom is 0.272 e. The molecule has 0 fully saturated rings. The van der Waals surface area contributed by atoms with E-state index < -0.39 is 0 Å². The van der Waals surface area contributed by atoms with Gasteiger partial charge in [0.15, 0.2) is 0 Å². The van der Waals surface area contributed by atoms with Crippen LogP contribution in [0.1, 0.15) is 62.1 Å². The average molecular weight is 303 g/mol. The van der Waals surface area contributed by atoms with Crippen molar-refractivity contribution in [2.75, 3.05) is 6.54 Å². The molecule has 1 aromatic heterocycles. The predicted octanol–water partition coefficient (Wildman–Crippen LogP) is 2.21. The van der Waals surface area contributed by atoms with Gasteiger partial charge in [-0.25, -0.2) is 0 Å². The number of carbonyl (C=O) groups is 1. The Bertz CT molecular complexity index is 417. The van der Waals surface area contributed by atoms with Gasteiger partial charge in [-0.2, -0.15) is 5.10 Å². The molecule has 0 aliphatic rings. The van der Waals surface area contributed by atoms with E-state index in [9.17, 15) is 4.79 Å². The molecule has 3 N–H and O–H groups in total. The molecule has 1 aromatic rings. The van der Waals surface area contributed by atoms with Gasteiger partial charge < -0.3 is 11.1 Å². The summed E-state index contributed by atoms with van der Waals surface area (Å²) < 4.78 is 1.77. The molecule has 20 heavy (non-hydrogen) atoms. The third kappa shape index (κ3) is 5.13. The van der Waals surface area contributed by atoms with Crippen LogP contribution in [0.2, 0.25) is 0 Å². The van der Waals surface area contributed by atoms with Gasteiger partial charge in [-0.05, 0) is 18.4 Å². The van der Waals surface area contributed by atoms with Crippen LogP contribution in [-0.2, 0) is 7.05 Å². The maximum atomic E-state index is 12.1. The van der Waals surface area contributed by atoms with E-state index in [-0.39, 0.29) is 24.4 Å². The van der Waals surface area contributed by atoms with Gasteiger partial charge in [0.05, 0.1) is 0 Å². The molecule has 1 atom stereocenters. The zero-order chi connectivity index (χ0) is 14.4. The van der Waals surface area contributed by atoms with E-state index in [1.54, 1.807) is 4.68 Å². The van der Waals surface area contributed by atoms with Gasteiger partial charge in [-0.3, -0.25) is 9.48 Å². The number of aryl methyl sites for hydroxylation is 1. The predicted molar refractivity (Wildman–Crippen MR) is 84.4 cm³/mol. The van der Waals surface area contributed by atoms with Crippen molar-refractivity contribution < 1.29 is 4.79 Å². The van der Waals surface area contributed by atoms with E-state index in [1.807, 2.05) is 13.1 Å². The van der Waals surface area contributed by atoms with Crippen LogP contribution >= 0.6 is 12.4 Å². The minimum atomic E-state index is -0.131. The van der Waals surface area contributed by atoms with Gasteiger partial charge in [0.25, 0.3) is 5.91 Å². The molecule has 1 rings (SSSR count). The lowest BCUT2D eigenvalue weighted by molar-refractivity contribution is 0.0930. The number of halogens is 1. The zero-order valence-corrected chi connectivity index (χ0v) is 13.7. The minimum absolute atomic E-state index is 0. The highest BCUT2D eigenvalue weighted by Crippen LogP contribution is 2.14. The summed E-state index contributed by atoms with van der Waals surface area (Å²) in [7, 11) is 1.86. The van der Waals surface area contributed by atoms with Crippen LogP contribution in [0.25, 0.3) is 0 Å². The minimum Gasteiger partial charge on any atom is -0.347 e. The number of aromatic nitrogens is 2. The number of hydrogen-bond donors (Lipinski definition) is 2. The number of hydrogen-bond acceptors (Lipinski definition) is 3. The topological polar surface area (TPSA) is 72.9 Å². The van der Waals surface area contributed by atoms with Crippen LogP contribution in [0.15, 0.2) is 6.07 Å². The summed E-state index contributed by atoms with van der Waals surface area (Å²) in [5, 5.41) is 7.22. The van der Waals surface area contributed by atoms with Crippen LogP contribution in [-0.4, -0.2) is 28.3 Å². The number of unbranched alkanes of at least 4 members (excludes halogenated alkanes) is 1. The van der Waals surface area contributed by atoms with Crippen molar-refractivity contribution in [3.05, 3.63) is 17.5 Å². The second-order valence-electron chi connectivity index (χ2n) is 5.28. The van der Waals surface area contributed by atoms with E-state index in [4.69, 9.17) is 5.73 Å². The summed E-state index contributed by atoms with van der Waals surface area (Å²) >= 11 is 0. The lowest BCUT2D eigenvalue weighted by Crippen LogP contribution is -2.40. The first-order chi connectivity index (χ1) is 8.99. The second-order valence-corrected chi connectivity index (χ2v) is 5.28. The number of carbonyl (C=O) groups excluding carboxylic acids is 1. The van der Waals surface area contributed by atoms with Crippen molar-refractivity contribution in [3.8, 4) is 0 Å². The van der Waals surface area contributed by atoms with Crippen molar-refractivity contribution in [3.63, 3.8) is 0 Å². The SMILES string of the molecule is CCCCC(CN)NC(=O)c1cc(C(C)C)n(C)n1.Cl. The van der Waals surface area contributed by atoms with Gasteiger partial charge in [-0.1, -0.05) is 33.6 Å². The monoisotopic (exact) mass is 302 g/mol. The fourth-order valence-corrected chi connectivity index (χ4v) is 2.09. The summed E-state index contributed by atoms with van der Waals surface area (Å²) in [4.78, 5) is 12.1. The lowest BCUT2D eigenvalue weighted by atomic mass is 10.1. The molecular weight excluding hydrogens is 276 g/mol. The summed E-state index contributed by atoms with van der Waals surface area (Å²) in [6, 6.07) is 1.89. The van der Waals surface area contributed by atoms with E-state index in [0.29, 0.717) is 18.2 Å². The average Bonchev–Trinajstić information content (AvgIpc) is 2.76. The molecule has 1 heterocycles. The van der Waals surface area contributed by atoms with Crippen molar-refractivity contribution in [1.29, 1.82) is 0 Å². The van der Waals surface area contributed by atoms with Crippen LogP contribution in [0.3, 0.4) is 0 Å². The Morgan fingerprint density at radius 3 is 2.60 bits per heavy atom. The number of nitrogens with zero attached hydrogens (tertiary/aromatic N) is 2. The molecule has 1 unspecified atom stereocenters. The van der Waals surface area contributed by atoms with Gasteiger partial charge >= 0.3 is 0 Å². The standard InChI is InChI=1S/C14H26N4O.ClH/c1-5-6-7-11(9-15)16-14(19)12-8-13(10(2)3)18(4)17-12;/h8,10-11H,5-7,9,15H2,1-4H3,(H,16,19);1H. The number of nitrogens with two attached hydrogens (primary N) is 1. The first kappa shape index (κ1) is 18.9. The molecule has 0 aliphatic carbocycles. The molecule has 0 spiro atoms. The molecule has 0 saturated heterocycles. The molecule has 5 nitrogen and oxygen atoms in total. The fourth-order valence-electron chi connectivity index (χ4n) is 2.09. The van der Waals surface area contributed by atoms with Crippen molar-refractivity contribution >= 4 is 18.3 Å². The molecule has 116 valence electrons. The number of amides is 1. The highest BCUT2D eigenvalue weighted by Gasteiger charge is 2.17. The van der Waals surface area contributed by atoms with E-state index >= 15 is 0 Å². The van der Waals surface area contributed by atoms with Crippen molar-refractivity contribution in [2.24, 2.45) is 12.8 Å². The molecule has 0 radical (unpaired) electrons. The van der Waals surface area contributed by atoms with Gasteiger partial charge in [0.1, 0.15) is 5.69 Å². The Morgan fingerprint density at radius 2 is 2.15 bits per heavy atom. The van der Waals surface area contributed by atoms with Crippen LogP contribution in [0.5, 0.6) is 0 Å². The van der Waals surface area contributed by atoms with Crippen molar-refractivity contribution in [1.82, 2.24) is 15.1 Å². The Morgan fingerprint density at radius 1 is 1.50 bits per heavy atom. The Balaban J connectivity index is 0.00000361. The lowest BCUT2D eigenvalue weighted by Gasteiger charge is -2.15. The second kappa shape index (κ2) is 8.97. The number of rotatable bonds is 7. The van der Waals surface area contributed by atoms with Gasteiger partial charge in [0.2, 0.25) is 0 Å². The number of nitrogens with one attached hydrogen (secondary N) is 1. The van der Waals surface area contributed by atoms with Crippen LogP contribution in [0, 0.1) is 0 Å². The van der Waals surface area contributed by atoms with Crippen molar-refractivity contribution in [2.45, 2.75) is 52.0 Å². The molecular formula is C14H27ClN4O. The van der Waals surface area contributed by atoms with Gasteiger partial charge in [-0.15, -0.1) is 12.4 Å². The van der Waals surface area contributed by atoms with Crippen LogP contribution < -0.4 is 11.1 Å². The molecule has 1 amide bonds. The summed E-state index contributed by atoms with van der Waals surface area (Å²) in [6.45, 7) is 6.77. The molecule has 0 aliphatic heterocycles. The first-order valence-electron chi connectivity index (χ1n) is 7.04. The Labute approximate surface area is 127 Å². The quantitative estimate of drug-likeness (QED) is 0.811. The Kier molecular flexibility index (Phi) is 8.49. The van der Waals surface area contributed by atoms with E-state index in [0.717, 1.165) is 25.0 Å². The first-order valence-corrected chi connectivity index (χ1v) is 7.04. The molecule has 6 heteroatoms. The largest absolute Gasteiger partial charge is 0.347 e.